The molecule has 1 aromatic rings. The second-order valence-corrected chi connectivity index (χ2v) is 5.62. The van der Waals surface area contributed by atoms with Crippen molar-refractivity contribution in [2.75, 3.05) is 0 Å². The number of nitro benzene ring substituents is 2. The summed E-state index contributed by atoms with van der Waals surface area (Å²) in [5, 5.41) is 21.8. The number of hydrogen-bond donors (Lipinski definition) is 0. The number of nitrogens with zero attached hydrogens (tertiary/aromatic N) is 3. The maximum atomic E-state index is 11.1. The highest BCUT2D eigenvalue weighted by molar-refractivity contribution is 5.92. The van der Waals surface area contributed by atoms with Gasteiger partial charge in [-0.15, -0.1) is 0 Å². The van der Waals surface area contributed by atoms with Crippen molar-refractivity contribution in [2.45, 2.75) is 32.2 Å². The lowest BCUT2D eigenvalue weighted by atomic mass is 10.1. The van der Waals surface area contributed by atoms with E-state index in [1.54, 1.807) is 0 Å². The van der Waals surface area contributed by atoms with Crippen LogP contribution in [0.15, 0.2) is 23.2 Å². The lowest BCUT2D eigenvalue weighted by Gasteiger charge is -2.04. The minimum atomic E-state index is -0.625. The number of benzene rings is 1. The maximum Gasteiger partial charge on any atom is 0.281 e. The third kappa shape index (κ3) is 3.07. The van der Waals surface area contributed by atoms with E-state index in [-0.39, 0.29) is 17.9 Å². The van der Waals surface area contributed by atoms with Gasteiger partial charge in [-0.2, -0.15) is 0 Å². The Morgan fingerprint density at radius 2 is 1.71 bits per heavy atom. The first-order valence-electron chi connectivity index (χ1n) is 7.02. The van der Waals surface area contributed by atoms with Gasteiger partial charge in [0.05, 0.1) is 28.0 Å². The zero-order chi connectivity index (χ0) is 15.0. The molecule has 2 aliphatic rings. The van der Waals surface area contributed by atoms with Gasteiger partial charge in [-0.3, -0.25) is 25.2 Å². The van der Waals surface area contributed by atoms with Gasteiger partial charge in [-0.25, -0.2) is 0 Å². The van der Waals surface area contributed by atoms with E-state index in [9.17, 15) is 20.2 Å². The van der Waals surface area contributed by atoms with Gasteiger partial charge in [0.25, 0.3) is 11.4 Å². The van der Waals surface area contributed by atoms with Gasteiger partial charge in [0, 0.05) is 11.8 Å². The minimum absolute atomic E-state index is 0.223. The van der Waals surface area contributed by atoms with E-state index in [2.05, 4.69) is 4.99 Å². The standard InChI is InChI=1S/C14H15N3O4/c18-16(19)12-6-5-11(13(7-12)17(20)21)8-15-14(9-1-2-9)10-3-4-10/h5-7,9-10H,1-4,8H2. The van der Waals surface area contributed by atoms with E-state index in [0.717, 1.165) is 31.7 Å². The maximum absolute atomic E-state index is 11.1. The van der Waals surface area contributed by atoms with Gasteiger partial charge < -0.3 is 0 Å². The molecular weight excluding hydrogens is 274 g/mol. The molecule has 21 heavy (non-hydrogen) atoms. The van der Waals surface area contributed by atoms with Crippen LogP contribution in [0.3, 0.4) is 0 Å². The first-order chi connectivity index (χ1) is 10.1. The Labute approximate surface area is 121 Å². The molecule has 1 aromatic carbocycles. The summed E-state index contributed by atoms with van der Waals surface area (Å²) in [6, 6.07) is 3.75. The van der Waals surface area contributed by atoms with Crippen LogP contribution in [0.5, 0.6) is 0 Å². The minimum Gasteiger partial charge on any atom is -0.289 e. The molecule has 2 fully saturated rings. The average Bonchev–Trinajstić information content (AvgIpc) is 3.32. The van der Waals surface area contributed by atoms with Crippen molar-refractivity contribution in [3.05, 3.63) is 44.0 Å². The molecule has 0 amide bonds. The number of rotatable bonds is 6. The van der Waals surface area contributed by atoms with Crippen molar-refractivity contribution >= 4 is 17.1 Å². The number of nitro groups is 2. The largest absolute Gasteiger partial charge is 0.289 e. The lowest BCUT2D eigenvalue weighted by molar-refractivity contribution is -0.394. The third-order valence-corrected chi connectivity index (χ3v) is 3.90. The van der Waals surface area contributed by atoms with Crippen LogP contribution in [-0.2, 0) is 6.54 Å². The molecule has 7 heteroatoms. The molecule has 2 saturated carbocycles. The summed E-state index contributed by atoms with van der Waals surface area (Å²) in [7, 11) is 0. The van der Waals surface area contributed by atoms with Crippen molar-refractivity contribution in [1.29, 1.82) is 0 Å². The van der Waals surface area contributed by atoms with Crippen LogP contribution in [0, 0.1) is 32.1 Å². The Hall–Kier alpha value is -2.31. The lowest BCUT2D eigenvalue weighted by Crippen LogP contribution is -2.05. The molecule has 0 atom stereocenters. The van der Waals surface area contributed by atoms with Gasteiger partial charge in [0.15, 0.2) is 0 Å². The topological polar surface area (TPSA) is 98.6 Å². The summed E-state index contributed by atoms with van der Waals surface area (Å²) in [5.74, 6) is 1.13. The van der Waals surface area contributed by atoms with E-state index in [4.69, 9.17) is 0 Å². The quantitative estimate of drug-likeness (QED) is 0.456. The van der Waals surface area contributed by atoms with Crippen molar-refractivity contribution in [3.63, 3.8) is 0 Å². The van der Waals surface area contributed by atoms with E-state index in [1.807, 2.05) is 0 Å². The van der Waals surface area contributed by atoms with Crippen LogP contribution >= 0.6 is 0 Å². The fraction of sp³-hybridized carbons (Fsp3) is 0.500. The first kappa shape index (κ1) is 13.7. The molecular formula is C14H15N3O4. The van der Waals surface area contributed by atoms with E-state index in [0.29, 0.717) is 17.4 Å². The summed E-state index contributed by atoms with van der Waals surface area (Å²) < 4.78 is 0. The molecule has 0 radical (unpaired) electrons. The Kier molecular flexibility index (Phi) is 3.40. The number of hydrogen-bond acceptors (Lipinski definition) is 5. The Bertz CT molecular complexity index is 619. The fourth-order valence-corrected chi connectivity index (χ4v) is 2.50. The van der Waals surface area contributed by atoms with E-state index in [1.165, 1.54) is 17.8 Å². The molecule has 7 nitrogen and oxygen atoms in total. The third-order valence-electron chi connectivity index (χ3n) is 3.90. The van der Waals surface area contributed by atoms with E-state index >= 15 is 0 Å². The molecule has 0 bridgehead atoms. The predicted molar refractivity (Wildman–Crippen MR) is 76.3 cm³/mol. The van der Waals surface area contributed by atoms with Gasteiger partial charge in [0.2, 0.25) is 0 Å². The second-order valence-electron chi connectivity index (χ2n) is 5.62. The molecule has 0 heterocycles. The van der Waals surface area contributed by atoms with Crippen molar-refractivity contribution in [2.24, 2.45) is 16.8 Å². The van der Waals surface area contributed by atoms with Crippen molar-refractivity contribution < 1.29 is 9.85 Å². The van der Waals surface area contributed by atoms with Crippen molar-refractivity contribution in [3.8, 4) is 0 Å². The predicted octanol–water partition coefficient (Wildman–Crippen LogP) is 3.26. The van der Waals surface area contributed by atoms with Gasteiger partial charge in [-0.1, -0.05) is 0 Å². The number of non-ortho nitro benzene ring substituents is 1. The normalized spacial score (nSPS) is 17.3. The summed E-state index contributed by atoms with van der Waals surface area (Å²) in [6.07, 6.45) is 4.66. The van der Waals surface area contributed by atoms with Crippen LogP contribution in [0.4, 0.5) is 11.4 Å². The molecule has 110 valence electrons. The van der Waals surface area contributed by atoms with Crippen molar-refractivity contribution in [1.82, 2.24) is 0 Å². The molecule has 3 rings (SSSR count). The van der Waals surface area contributed by atoms with Crippen LogP contribution < -0.4 is 0 Å². The summed E-state index contributed by atoms with van der Waals surface area (Å²) in [5.41, 5.74) is 1.14. The van der Waals surface area contributed by atoms with Crippen LogP contribution in [0.25, 0.3) is 0 Å². The van der Waals surface area contributed by atoms with Crippen LogP contribution in [-0.4, -0.2) is 15.6 Å². The summed E-state index contributed by atoms with van der Waals surface area (Å²) in [4.78, 5) is 25.1. The highest BCUT2D eigenvalue weighted by Crippen LogP contribution is 2.42. The average molecular weight is 289 g/mol. The zero-order valence-corrected chi connectivity index (χ0v) is 11.4. The summed E-state index contributed by atoms with van der Waals surface area (Å²) in [6.45, 7) is 0.233. The molecule has 0 N–H and O–H groups in total. The van der Waals surface area contributed by atoms with Crippen LogP contribution in [0.2, 0.25) is 0 Å². The molecule has 0 aromatic heterocycles. The van der Waals surface area contributed by atoms with Gasteiger partial charge in [-0.05, 0) is 43.6 Å². The smallest absolute Gasteiger partial charge is 0.281 e. The molecule has 0 aliphatic heterocycles. The zero-order valence-electron chi connectivity index (χ0n) is 11.4. The number of aliphatic imine (C=N–C) groups is 1. The monoisotopic (exact) mass is 289 g/mol. The SMILES string of the molecule is O=[N+]([O-])c1ccc(CN=C(C2CC2)C2CC2)c([N+](=O)[O-])c1. The second kappa shape index (κ2) is 5.23. The highest BCUT2D eigenvalue weighted by Gasteiger charge is 2.37. The molecule has 0 spiro atoms. The Balaban J connectivity index is 1.85. The van der Waals surface area contributed by atoms with Gasteiger partial charge in [0.1, 0.15) is 0 Å². The first-order valence-corrected chi connectivity index (χ1v) is 7.02. The Morgan fingerprint density at radius 3 is 2.19 bits per heavy atom. The van der Waals surface area contributed by atoms with Gasteiger partial charge >= 0.3 is 0 Å². The molecule has 0 unspecified atom stereocenters. The summed E-state index contributed by atoms with van der Waals surface area (Å²) >= 11 is 0. The fourth-order valence-electron chi connectivity index (χ4n) is 2.50. The highest BCUT2D eigenvalue weighted by atomic mass is 16.6. The molecule has 2 aliphatic carbocycles. The van der Waals surface area contributed by atoms with E-state index < -0.39 is 9.85 Å². The Morgan fingerprint density at radius 1 is 1.10 bits per heavy atom. The molecule has 0 saturated heterocycles. The van der Waals surface area contributed by atoms with Crippen LogP contribution in [0.1, 0.15) is 31.2 Å².